The zero-order valence-corrected chi connectivity index (χ0v) is 17.3. The van der Waals surface area contributed by atoms with Gasteiger partial charge in [-0.2, -0.15) is 0 Å². The first-order valence-corrected chi connectivity index (χ1v) is 9.89. The third kappa shape index (κ3) is 18.3. The van der Waals surface area contributed by atoms with Crippen molar-refractivity contribution >= 4 is 24.1 Å². The molecule has 0 rings (SSSR count). The van der Waals surface area contributed by atoms with Gasteiger partial charge in [0.25, 0.3) is 0 Å². The number of carbonyl (C=O) groups is 4. The average molecular weight is 428 g/mol. The van der Waals surface area contributed by atoms with Crippen molar-refractivity contribution in [1.82, 2.24) is 10.6 Å². The fourth-order valence-corrected chi connectivity index (χ4v) is 2.11. The Morgan fingerprint density at radius 2 is 0.900 bits per heavy atom. The van der Waals surface area contributed by atoms with E-state index in [1.165, 1.54) is 0 Å². The second-order valence-electron chi connectivity index (χ2n) is 5.99. The number of ether oxygens (including phenoxy) is 4. The van der Waals surface area contributed by atoms with Gasteiger partial charge in [-0.15, -0.1) is 0 Å². The van der Waals surface area contributed by atoms with Crippen LogP contribution in [0.2, 0.25) is 0 Å². The molecule has 0 aromatic carbocycles. The molecule has 30 heavy (non-hydrogen) atoms. The summed E-state index contributed by atoms with van der Waals surface area (Å²) in [5.41, 5.74) is 0. The van der Waals surface area contributed by atoms with Crippen LogP contribution in [-0.2, 0) is 28.5 Å². The lowest BCUT2D eigenvalue weighted by atomic mass is 10.1. The van der Waals surface area contributed by atoms with Crippen molar-refractivity contribution in [3.63, 3.8) is 0 Å². The van der Waals surface area contributed by atoms with E-state index in [0.717, 1.165) is 50.7 Å². The highest BCUT2D eigenvalue weighted by Crippen LogP contribution is 2.04. The normalized spacial score (nSPS) is 9.73. The molecule has 0 aliphatic carbocycles. The number of esters is 2. The summed E-state index contributed by atoms with van der Waals surface area (Å²) in [5.74, 6) is -1.11. The van der Waals surface area contributed by atoms with E-state index in [9.17, 15) is 19.2 Å². The van der Waals surface area contributed by atoms with Gasteiger partial charge in [0.2, 0.25) is 0 Å². The van der Waals surface area contributed by atoms with Crippen LogP contribution in [0.5, 0.6) is 0 Å². The minimum Gasteiger partial charge on any atom is -0.459 e. The molecule has 0 aliphatic rings. The number of unbranched alkanes of at least 4 members (excludes halogenated alkanes) is 5. The monoisotopic (exact) mass is 428 g/mol. The molecule has 0 radical (unpaired) electrons. The lowest BCUT2D eigenvalue weighted by molar-refractivity contribution is -0.139. The van der Waals surface area contributed by atoms with Crippen LogP contribution in [0.4, 0.5) is 9.59 Å². The van der Waals surface area contributed by atoms with Crippen molar-refractivity contribution in [3.8, 4) is 0 Å². The largest absolute Gasteiger partial charge is 0.459 e. The highest BCUT2D eigenvalue weighted by Gasteiger charge is 2.03. The summed E-state index contributed by atoms with van der Waals surface area (Å²) in [7, 11) is 0. The molecule has 0 saturated heterocycles. The third-order valence-corrected chi connectivity index (χ3v) is 3.60. The van der Waals surface area contributed by atoms with Crippen molar-refractivity contribution in [2.24, 2.45) is 0 Å². The van der Waals surface area contributed by atoms with E-state index in [1.807, 2.05) is 0 Å². The Kier molecular flexibility index (Phi) is 17.3. The number of rotatable bonds is 17. The number of hydrogen-bond acceptors (Lipinski definition) is 8. The number of amides is 2. The van der Waals surface area contributed by atoms with Crippen molar-refractivity contribution in [1.29, 1.82) is 0 Å². The van der Waals surface area contributed by atoms with Crippen LogP contribution in [0.15, 0.2) is 25.3 Å². The maximum atomic E-state index is 11.4. The third-order valence-electron chi connectivity index (χ3n) is 3.60. The average Bonchev–Trinajstić information content (AvgIpc) is 2.74. The van der Waals surface area contributed by atoms with Crippen LogP contribution in [0.1, 0.15) is 38.5 Å². The summed E-state index contributed by atoms with van der Waals surface area (Å²) >= 11 is 0. The first-order chi connectivity index (χ1) is 14.5. The summed E-state index contributed by atoms with van der Waals surface area (Å²) in [5, 5.41) is 5.25. The molecule has 0 aromatic rings. The molecular formula is C20H32N2O8. The molecule has 0 heterocycles. The number of nitrogens with one attached hydrogen (secondary N) is 2. The predicted molar refractivity (Wildman–Crippen MR) is 109 cm³/mol. The lowest BCUT2D eigenvalue weighted by Gasteiger charge is -2.08. The van der Waals surface area contributed by atoms with Gasteiger partial charge < -0.3 is 29.6 Å². The lowest BCUT2D eigenvalue weighted by Crippen LogP contribution is -2.27. The van der Waals surface area contributed by atoms with Gasteiger partial charge in [0, 0.05) is 25.2 Å². The molecule has 10 heteroatoms. The molecule has 0 saturated carbocycles. The minimum absolute atomic E-state index is 0.00396. The van der Waals surface area contributed by atoms with E-state index in [-0.39, 0.29) is 26.4 Å². The van der Waals surface area contributed by atoms with E-state index < -0.39 is 24.1 Å². The topological polar surface area (TPSA) is 129 Å². The highest BCUT2D eigenvalue weighted by molar-refractivity contribution is 5.81. The van der Waals surface area contributed by atoms with Gasteiger partial charge in [0.05, 0.1) is 0 Å². The van der Waals surface area contributed by atoms with Gasteiger partial charge in [-0.05, 0) is 12.8 Å². The van der Waals surface area contributed by atoms with Gasteiger partial charge in [0.15, 0.2) is 0 Å². The highest BCUT2D eigenvalue weighted by atomic mass is 16.6. The number of hydrogen-bond donors (Lipinski definition) is 2. The van der Waals surface area contributed by atoms with E-state index in [2.05, 4.69) is 33.3 Å². The second-order valence-corrected chi connectivity index (χ2v) is 5.99. The van der Waals surface area contributed by atoms with Crippen LogP contribution in [0.3, 0.4) is 0 Å². The Labute approximate surface area is 176 Å². The zero-order chi connectivity index (χ0) is 22.5. The quantitative estimate of drug-likeness (QED) is 0.156. The van der Waals surface area contributed by atoms with Crippen molar-refractivity contribution in [2.45, 2.75) is 38.5 Å². The van der Waals surface area contributed by atoms with Crippen molar-refractivity contribution < 1.29 is 38.1 Å². The van der Waals surface area contributed by atoms with Crippen LogP contribution in [-0.4, -0.2) is 63.6 Å². The Morgan fingerprint density at radius 3 is 1.27 bits per heavy atom. The molecule has 2 N–H and O–H groups in total. The molecule has 0 aliphatic heterocycles. The van der Waals surface area contributed by atoms with Gasteiger partial charge >= 0.3 is 24.1 Å². The summed E-state index contributed by atoms with van der Waals surface area (Å²) < 4.78 is 19.0. The summed E-state index contributed by atoms with van der Waals surface area (Å²) in [6.07, 6.45) is 6.65. The van der Waals surface area contributed by atoms with Crippen LogP contribution in [0, 0.1) is 0 Å². The first-order valence-electron chi connectivity index (χ1n) is 9.89. The minimum atomic E-state index is -0.557. The standard InChI is InChI=1S/C20H32N2O8/c1-3-17(23)27-13-15-29-19(25)21-11-9-7-5-6-8-10-12-22-20(26)30-16-14-28-18(24)4-2/h3-4H,1-2,5-16H2,(H,21,25)(H,22,26). The molecular weight excluding hydrogens is 396 g/mol. The summed E-state index contributed by atoms with van der Waals surface area (Å²) in [6.45, 7) is 7.52. The Balaban J connectivity index is 3.34. The SMILES string of the molecule is C=CC(=O)OCCOC(=O)NCCCCCCCCNC(=O)OCCOC(=O)C=C. The van der Waals surface area contributed by atoms with Crippen molar-refractivity contribution in [3.05, 3.63) is 25.3 Å². The Morgan fingerprint density at radius 1 is 0.567 bits per heavy atom. The van der Waals surface area contributed by atoms with Crippen molar-refractivity contribution in [2.75, 3.05) is 39.5 Å². The fourth-order valence-electron chi connectivity index (χ4n) is 2.11. The maximum Gasteiger partial charge on any atom is 0.407 e. The smallest absolute Gasteiger partial charge is 0.407 e. The van der Waals surface area contributed by atoms with Crippen LogP contribution < -0.4 is 10.6 Å². The number of alkyl carbamates (subject to hydrolysis) is 2. The Bertz CT molecular complexity index is 503. The van der Waals surface area contributed by atoms with Gasteiger partial charge in [-0.3, -0.25) is 0 Å². The van der Waals surface area contributed by atoms with Gasteiger partial charge in [0.1, 0.15) is 26.4 Å². The predicted octanol–water partition coefficient (Wildman–Crippen LogP) is 2.24. The maximum absolute atomic E-state index is 11.4. The van der Waals surface area contributed by atoms with E-state index in [4.69, 9.17) is 9.47 Å². The number of carbonyl (C=O) groups excluding carboxylic acids is 4. The molecule has 0 atom stereocenters. The molecule has 0 spiro atoms. The molecule has 0 aromatic heterocycles. The van der Waals surface area contributed by atoms with Gasteiger partial charge in [-0.1, -0.05) is 38.8 Å². The summed E-state index contributed by atoms with van der Waals surface area (Å²) in [4.78, 5) is 44.3. The van der Waals surface area contributed by atoms with E-state index in [0.29, 0.717) is 13.1 Å². The summed E-state index contributed by atoms with van der Waals surface area (Å²) in [6, 6.07) is 0. The Hall–Kier alpha value is -3.04. The molecule has 10 nitrogen and oxygen atoms in total. The second kappa shape index (κ2) is 19.3. The zero-order valence-electron chi connectivity index (χ0n) is 17.3. The molecule has 170 valence electrons. The van der Waals surface area contributed by atoms with E-state index in [1.54, 1.807) is 0 Å². The first kappa shape index (κ1) is 27.0. The molecule has 2 amide bonds. The van der Waals surface area contributed by atoms with Crippen LogP contribution >= 0.6 is 0 Å². The van der Waals surface area contributed by atoms with E-state index >= 15 is 0 Å². The van der Waals surface area contributed by atoms with Crippen LogP contribution in [0.25, 0.3) is 0 Å². The molecule has 0 bridgehead atoms. The van der Waals surface area contributed by atoms with Gasteiger partial charge in [-0.25, -0.2) is 19.2 Å². The molecule has 0 unspecified atom stereocenters. The molecule has 0 fully saturated rings. The fraction of sp³-hybridized carbons (Fsp3) is 0.600.